The van der Waals surface area contributed by atoms with Crippen LogP contribution in [0.2, 0.25) is 0 Å². The first-order valence-electron chi connectivity index (χ1n) is 10.4. The van der Waals surface area contributed by atoms with E-state index in [4.69, 9.17) is 5.11 Å². The summed E-state index contributed by atoms with van der Waals surface area (Å²) >= 11 is 0. The van der Waals surface area contributed by atoms with Crippen molar-refractivity contribution in [1.82, 2.24) is 14.9 Å². The molecule has 0 radical (unpaired) electrons. The molecule has 7 heteroatoms. The van der Waals surface area contributed by atoms with Gasteiger partial charge in [0, 0.05) is 54.8 Å². The quantitative estimate of drug-likeness (QED) is 0.664. The summed E-state index contributed by atoms with van der Waals surface area (Å²) in [6.45, 7) is 1.03. The van der Waals surface area contributed by atoms with Crippen LogP contribution in [0.15, 0.2) is 54.9 Å². The van der Waals surface area contributed by atoms with Gasteiger partial charge < -0.3 is 20.0 Å². The third kappa shape index (κ3) is 3.41. The topological polar surface area (TPSA) is 89.8 Å². The number of aliphatic hydroxyl groups is 1. The van der Waals surface area contributed by atoms with Crippen LogP contribution in [0.5, 0.6) is 5.75 Å². The lowest BCUT2D eigenvalue weighted by molar-refractivity contribution is 0.0767. The van der Waals surface area contributed by atoms with Gasteiger partial charge >= 0.3 is 0 Å². The molecule has 0 atom stereocenters. The number of carbonyl (C=O) groups is 1. The molecule has 158 valence electrons. The van der Waals surface area contributed by atoms with E-state index >= 15 is 0 Å². The summed E-state index contributed by atoms with van der Waals surface area (Å²) in [6.07, 6.45) is 5.77. The van der Waals surface area contributed by atoms with Crippen molar-refractivity contribution in [3.8, 4) is 16.9 Å². The summed E-state index contributed by atoms with van der Waals surface area (Å²) < 4.78 is 0. The number of likely N-dealkylation sites (N-methyl/N-ethyl adjacent to an activating group) is 1. The number of carbonyl (C=O) groups excluding carboxylic acids is 1. The summed E-state index contributed by atoms with van der Waals surface area (Å²) in [4.78, 5) is 25.6. The minimum atomic E-state index is -0.117. The predicted octanol–water partition coefficient (Wildman–Crippen LogP) is 3.10. The highest BCUT2D eigenvalue weighted by molar-refractivity contribution is 5.96. The average Bonchev–Trinajstić information content (AvgIpc) is 3.50. The van der Waals surface area contributed by atoms with Gasteiger partial charge in [-0.3, -0.25) is 4.79 Å². The minimum Gasteiger partial charge on any atom is -0.508 e. The van der Waals surface area contributed by atoms with E-state index in [9.17, 15) is 9.90 Å². The van der Waals surface area contributed by atoms with Gasteiger partial charge in [0.25, 0.3) is 5.91 Å². The Balaban J connectivity index is 1.48. The van der Waals surface area contributed by atoms with E-state index in [-0.39, 0.29) is 23.7 Å². The lowest BCUT2D eigenvalue weighted by atomic mass is 9.97. The fraction of sp³-hybridized carbons (Fsp3) is 0.292. The molecule has 1 fully saturated rings. The molecule has 0 bridgehead atoms. The first-order chi connectivity index (χ1) is 15.0. The Bertz CT molecular complexity index is 1140. The zero-order chi connectivity index (χ0) is 21.6. The van der Waals surface area contributed by atoms with Crippen LogP contribution in [0.25, 0.3) is 11.1 Å². The van der Waals surface area contributed by atoms with Crippen molar-refractivity contribution in [2.45, 2.75) is 18.3 Å². The molecule has 2 aliphatic rings. The highest BCUT2D eigenvalue weighted by Gasteiger charge is 2.52. The van der Waals surface area contributed by atoms with Gasteiger partial charge in [-0.25, -0.2) is 9.97 Å². The molecule has 1 aromatic heterocycles. The van der Waals surface area contributed by atoms with Gasteiger partial charge in [0.05, 0.1) is 6.61 Å². The number of phenols is 1. The van der Waals surface area contributed by atoms with Gasteiger partial charge in [0.15, 0.2) is 0 Å². The van der Waals surface area contributed by atoms with Gasteiger partial charge in [0.2, 0.25) is 5.95 Å². The number of amides is 1. The molecular formula is C24H24N4O3. The summed E-state index contributed by atoms with van der Waals surface area (Å²) in [7, 11) is 1.69. The number of nitrogens with zero attached hydrogens (tertiary/aromatic N) is 4. The largest absolute Gasteiger partial charge is 0.508 e. The molecule has 1 saturated carbocycles. The van der Waals surface area contributed by atoms with Crippen LogP contribution in [0.1, 0.15) is 28.8 Å². The maximum Gasteiger partial charge on any atom is 0.253 e. The molecule has 0 unspecified atom stereocenters. The molecule has 2 aromatic carbocycles. The van der Waals surface area contributed by atoms with E-state index in [2.05, 4.69) is 20.9 Å². The van der Waals surface area contributed by atoms with E-state index in [0.717, 1.165) is 36.2 Å². The fourth-order valence-electron chi connectivity index (χ4n) is 4.33. The lowest BCUT2D eigenvalue weighted by Gasteiger charge is -2.19. The van der Waals surface area contributed by atoms with Crippen LogP contribution in [-0.4, -0.2) is 57.7 Å². The van der Waals surface area contributed by atoms with Crippen LogP contribution in [0.3, 0.4) is 0 Å². The first-order valence-corrected chi connectivity index (χ1v) is 10.4. The van der Waals surface area contributed by atoms with E-state index in [1.807, 2.05) is 18.2 Å². The first kappa shape index (κ1) is 19.5. The zero-order valence-corrected chi connectivity index (χ0v) is 17.3. The van der Waals surface area contributed by atoms with Crippen LogP contribution in [-0.2, 0) is 5.41 Å². The summed E-state index contributed by atoms with van der Waals surface area (Å²) in [5.41, 5.74) is 4.62. The monoisotopic (exact) mass is 416 g/mol. The third-order valence-electron chi connectivity index (χ3n) is 6.26. The Labute approximate surface area is 180 Å². The van der Waals surface area contributed by atoms with E-state index in [0.29, 0.717) is 18.1 Å². The number of rotatable bonds is 5. The van der Waals surface area contributed by atoms with Crippen LogP contribution >= 0.6 is 0 Å². The molecule has 31 heavy (non-hydrogen) atoms. The Morgan fingerprint density at radius 1 is 1.13 bits per heavy atom. The van der Waals surface area contributed by atoms with Gasteiger partial charge in [-0.15, -0.1) is 0 Å². The van der Waals surface area contributed by atoms with E-state index in [1.165, 1.54) is 10.5 Å². The molecule has 7 nitrogen and oxygen atoms in total. The van der Waals surface area contributed by atoms with Gasteiger partial charge in [0.1, 0.15) is 5.75 Å². The van der Waals surface area contributed by atoms with Crippen molar-refractivity contribution in [3.05, 3.63) is 66.0 Å². The maximum absolute atomic E-state index is 12.7. The van der Waals surface area contributed by atoms with Crippen molar-refractivity contribution >= 4 is 17.5 Å². The number of anilines is 2. The summed E-state index contributed by atoms with van der Waals surface area (Å²) in [6, 6.07) is 12.9. The molecule has 1 spiro atoms. The van der Waals surface area contributed by atoms with E-state index in [1.54, 1.807) is 37.6 Å². The molecule has 1 aliphatic heterocycles. The molecule has 2 heterocycles. The standard InChI is InChI=1S/C24H24N4O3/c1-27(9-10-29)22(31)17-5-6-20-21(12-17)28(15-24(20)7-8-24)23-25-13-18(14-26-23)16-3-2-4-19(30)11-16/h2-6,11-14,29-30H,7-10,15H2,1H3. The highest BCUT2D eigenvalue weighted by atomic mass is 16.3. The Morgan fingerprint density at radius 2 is 1.90 bits per heavy atom. The molecular weight excluding hydrogens is 392 g/mol. The molecule has 2 N–H and O–H groups in total. The van der Waals surface area contributed by atoms with Crippen molar-refractivity contribution in [1.29, 1.82) is 0 Å². The summed E-state index contributed by atoms with van der Waals surface area (Å²) in [5.74, 6) is 0.685. The third-order valence-corrected chi connectivity index (χ3v) is 6.26. The van der Waals surface area contributed by atoms with E-state index < -0.39 is 0 Å². The summed E-state index contributed by atoms with van der Waals surface area (Å²) in [5, 5.41) is 18.9. The van der Waals surface area contributed by atoms with Crippen LogP contribution < -0.4 is 4.90 Å². The molecule has 1 amide bonds. The SMILES string of the molecule is CN(CCO)C(=O)c1ccc2c(c1)N(c1ncc(-c3cccc(O)c3)cn1)CC21CC1. The number of aliphatic hydroxyl groups excluding tert-OH is 1. The Kier molecular flexibility index (Phi) is 4.63. The Morgan fingerprint density at radius 3 is 2.58 bits per heavy atom. The average molecular weight is 416 g/mol. The highest BCUT2D eigenvalue weighted by Crippen LogP contribution is 2.57. The second kappa shape index (κ2) is 7.35. The van der Waals surface area contributed by atoms with Gasteiger partial charge in [-0.05, 0) is 48.2 Å². The second-order valence-corrected chi connectivity index (χ2v) is 8.37. The van der Waals surface area contributed by atoms with Crippen LogP contribution in [0, 0.1) is 0 Å². The van der Waals surface area contributed by atoms with Crippen molar-refractivity contribution < 1.29 is 15.0 Å². The van der Waals surface area contributed by atoms with Gasteiger partial charge in [-0.1, -0.05) is 18.2 Å². The number of benzene rings is 2. The number of phenolic OH excluding ortho intramolecular Hbond substituents is 1. The van der Waals surface area contributed by atoms with Crippen LogP contribution in [0.4, 0.5) is 11.6 Å². The number of aromatic hydroxyl groups is 1. The molecule has 3 aromatic rings. The fourth-order valence-corrected chi connectivity index (χ4v) is 4.33. The smallest absolute Gasteiger partial charge is 0.253 e. The van der Waals surface area contributed by atoms with Gasteiger partial charge in [-0.2, -0.15) is 0 Å². The molecule has 1 aliphatic carbocycles. The molecule has 5 rings (SSSR count). The minimum absolute atomic E-state index is 0.0677. The lowest BCUT2D eigenvalue weighted by Crippen LogP contribution is -2.29. The normalized spacial score (nSPS) is 15.7. The number of aromatic nitrogens is 2. The van der Waals surface area contributed by atoms with Crippen molar-refractivity contribution in [2.75, 3.05) is 31.6 Å². The number of fused-ring (bicyclic) bond motifs is 2. The Hall–Kier alpha value is -3.45. The van der Waals surface area contributed by atoms with Crippen molar-refractivity contribution in [2.24, 2.45) is 0 Å². The van der Waals surface area contributed by atoms with Crippen molar-refractivity contribution in [3.63, 3.8) is 0 Å². The number of hydrogen-bond donors (Lipinski definition) is 2. The zero-order valence-electron chi connectivity index (χ0n) is 17.3. The molecule has 0 saturated heterocycles. The second-order valence-electron chi connectivity index (χ2n) is 8.37. The maximum atomic E-state index is 12.7. The predicted molar refractivity (Wildman–Crippen MR) is 118 cm³/mol. The number of hydrogen-bond acceptors (Lipinski definition) is 6.